The topological polar surface area (TPSA) is 89.7 Å². The molecule has 1 fully saturated rings. The number of rotatable bonds is 19. The predicted molar refractivity (Wildman–Crippen MR) is 221 cm³/mol. The first-order chi connectivity index (χ1) is 26.3. The van der Waals surface area contributed by atoms with Crippen LogP contribution in [0.15, 0.2) is 118 Å². The van der Waals surface area contributed by atoms with Crippen LogP contribution in [-0.4, -0.2) is 64.7 Å². The third-order valence-corrected chi connectivity index (χ3v) is 12.7. The standard InChI is InChI=1S/C45H57NO6S2/c1-5-26-50-45-41(54-35-19-10-7-11-20-35)31-39(46-52-44(2,3)4)37-29-32(16-12-14-24-47)36(21-13-15-25-48)42(43(37)45)38-30-33(22-23-40(38)51-45)49-27-28-53-34-17-8-6-9-18-34/h5-11,17-20,22-23,29-30,32,36,41-43,47-48H,1,12-16,21,24-28,31H2,2-4H3. The maximum absolute atomic E-state index is 9.90. The van der Waals surface area contributed by atoms with E-state index in [0.717, 1.165) is 77.5 Å². The third kappa shape index (κ3) is 9.77. The van der Waals surface area contributed by atoms with Gasteiger partial charge in [-0.05, 0) is 106 Å². The van der Waals surface area contributed by atoms with E-state index in [4.69, 9.17) is 24.2 Å². The van der Waals surface area contributed by atoms with Gasteiger partial charge in [-0.15, -0.1) is 30.1 Å². The minimum absolute atomic E-state index is 0.0117. The van der Waals surface area contributed by atoms with Gasteiger partial charge in [0.2, 0.25) is 5.79 Å². The van der Waals surface area contributed by atoms with Crippen LogP contribution in [0.5, 0.6) is 11.5 Å². The molecule has 6 atom stereocenters. The van der Waals surface area contributed by atoms with Crippen LogP contribution in [0, 0.1) is 17.8 Å². The molecule has 2 N–H and O–H groups in total. The van der Waals surface area contributed by atoms with Gasteiger partial charge in [0.05, 0.1) is 30.1 Å². The summed E-state index contributed by atoms with van der Waals surface area (Å²) in [5, 5.41) is 24.5. The van der Waals surface area contributed by atoms with Crippen molar-refractivity contribution in [3.8, 4) is 11.5 Å². The minimum Gasteiger partial charge on any atom is -0.493 e. The molecule has 3 aromatic carbocycles. The van der Waals surface area contributed by atoms with Crippen molar-refractivity contribution in [2.75, 3.05) is 32.2 Å². The first kappa shape index (κ1) is 40.5. The average Bonchev–Trinajstić information content (AvgIpc) is 3.17. The number of thioether (sulfide) groups is 2. The van der Waals surface area contributed by atoms with Gasteiger partial charge in [-0.2, -0.15) is 0 Å². The summed E-state index contributed by atoms with van der Waals surface area (Å²) in [5.41, 5.74) is 2.72. The van der Waals surface area contributed by atoms with Crippen LogP contribution in [-0.2, 0) is 9.57 Å². The predicted octanol–water partition coefficient (Wildman–Crippen LogP) is 10.1. The Bertz CT molecular complexity index is 1710. The summed E-state index contributed by atoms with van der Waals surface area (Å²) in [6, 6.07) is 27.2. The SMILES string of the molecule is C=CCOC12Oc3ccc(OCCSc4ccccc4)cc3C3C(CCCCO)C(CCCCO)C=C(C(=NOC(C)(C)C)CC1Sc1ccccc1)C32. The van der Waals surface area contributed by atoms with Gasteiger partial charge in [0.15, 0.2) is 0 Å². The average molecular weight is 772 g/mol. The molecule has 2 aliphatic carbocycles. The maximum Gasteiger partial charge on any atom is 0.231 e. The molecule has 1 aliphatic heterocycles. The van der Waals surface area contributed by atoms with Crippen LogP contribution >= 0.6 is 23.5 Å². The number of aliphatic hydroxyl groups excluding tert-OH is 2. The Labute approximate surface area is 330 Å². The Balaban J connectivity index is 1.48. The first-order valence-electron chi connectivity index (χ1n) is 19.6. The van der Waals surface area contributed by atoms with Crippen LogP contribution < -0.4 is 9.47 Å². The summed E-state index contributed by atoms with van der Waals surface area (Å²) in [4.78, 5) is 8.58. The number of unbranched alkanes of at least 4 members (excludes halogenated alkanes) is 2. The molecule has 0 spiro atoms. The van der Waals surface area contributed by atoms with E-state index in [1.54, 1.807) is 23.5 Å². The molecule has 3 aliphatic rings. The zero-order valence-electron chi connectivity index (χ0n) is 32.0. The van der Waals surface area contributed by atoms with Gasteiger partial charge < -0.3 is 29.3 Å². The summed E-state index contributed by atoms with van der Waals surface area (Å²) in [6.45, 7) is 11.4. The van der Waals surface area contributed by atoms with Gasteiger partial charge in [-0.3, -0.25) is 0 Å². The second-order valence-electron chi connectivity index (χ2n) is 15.4. The largest absolute Gasteiger partial charge is 0.493 e. The fraction of sp³-hybridized carbons (Fsp3) is 0.489. The zero-order valence-corrected chi connectivity index (χ0v) is 33.7. The lowest BCUT2D eigenvalue weighted by Crippen LogP contribution is -2.64. The van der Waals surface area contributed by atoms with E-state index in [1.807, 2.05) is 45.0 Å². The number of hydrogen-bond acceptors (Lipinski definition) is 9. The molecule has 290 valence electrons. The Kier molecular flexibility index (Phi) is 14.3. The van der Waals surface area contributed by atoms with Crippen molar-refractivity contribution in [2.24, 2.45) is 22.9 Å². The molecule has 3 aromatic rings. The molecular formula is C45H57NO6S2. The number of benzene rings is 3. The third-order valence-electron chi connectivity index (χ3n) is 10.4. The van der Waals surface area contributed by atoms with Crippen LogP contribution in [0.4, 0.5) is 0 Å². The van der Waals surface area contributed by atoms with Crippen molar-refractivity contribution in [1.82, 2.24) is 0 Å². The van der Waals surface area contributed by atoms with E-state index >= 15 is 0 Å². The Hall–Kier alpha value is -3.21. The van der Waals surface area contributed by atoms with Gasteiger partial charge in [0, 0.05) is 46.7 Å². The second-order valence-corrected chi connectivity index (χ2v) is 17.8. The fourth-order valence-electron chi connectivity index (χ4n) is 8.21. The van der Waals surface area contributed by atoms with E-state index < -0.39 is 11.4 Å². The molecule has 1 saturated carbocycles. The number of fused-ring (bicyclic) bond motifs is 2. The summed E-state index contributed by atoms with van der Waals surface area (Å²) in [7, 11) is 0. The monoisotopic (exact) mass is 771 g/mol. The Morgan fingerprint density at radius 1 is 0.926 bits per heavy atom. The van der Waals surface area contributed by atoms with Crippen LogP contribution in [0.2, 0.25) is 0 Å². The Morgan fingerprint density at radius 2 is 1.63 bits per heavy atom. The number of allylic oxidation sites excluding steroid dienone is 1. The molecular weight excluding hydrogens is 715 g/mol. The first-order valence-corrected chi connectivity index (χ1v) is 21.4. The van der Waals surface area contributed by atoms with E-state index in [1.165, 1.54) is 4.90 Å². The molecule has 1 heterocycles. The highest BCUT2D eigenvalue weighted by Crippen LogP contribution is 2.63. The van der Waals surface area contributed by atoms with Crippen molar-refractivity contribution in [2.45, 2.75) is 98.1 Å². The number of oxime groups is 1. The summed E-state index contributed by atoms with van der Waals surface area (Å²) >= 11 is 3.56. The molecule has 0 aromatic heterocycles. The number of aliphatic hydroxyl groups is 2. The molecule has 6 unspecified atom stereocenters. The molecule has 6 rings (SSSR count). The minimum atomic E-state index is -1.03. The smallest absolute Gasteiger partial charge is 0.231 e. The lowest BCUT2D eigenvalue weighted by molar-refractivity contribution is -0.223. The molecule has 0 amide bonds. The normalized spacial score (nSPS) is 25.2. The highest BCUT2D eigenvalue weighted by Gasteiger charge is 2.64. The van der Waals surface area contributed by atoms with E-state index in [9.17, 15) is 10.2 Å². The van der Waals surface area contributed by atoms with Gasteiger partial charge in [0.25, 0.3) is 0 Å². The molecule has 0 bridgehead atoms. The molecule has 0 radical (unpaired) electrons. The van der Waals surface area contributed by atoms with Crippen molar-refractivity contribution < 1.29 is 29.3 Å². The molecule has 9 heteroatoms. The van der Waals surface area contributed by atoms with Crippen LogP contribution in [0.3, 0.4) is 0 Å². The van der Waals surface area contributed by atoms with Gasteiger partial charge in [0.1, 0.15) is 17.1 Å². The molecule has 54 heavy (non-hydrogen) atoms. The van der Waals surface area contributed by atoms with Gasteiger partial charge >= 0.3 is 0 Å². The van der Waals surface area contributed by atoms with Crippen LogP contribution in [0.25, 0.3) is 0 Å². The lowest BCUT2D eigenvalue weighted by atomic mass is 9.56. The van der Waals surface area contributed by atoms with E-state index in [2.05, 4.69) is 73.3 Å². The highest BCUT2D eigenvalue weighted by molar-refractivity contribution is 8.00. The summed E-state index contributed by atoms with van der Waals surface area (Å²) in [5.74, 6) is 1.71. The van der Waals surface area contributed by atoms with Gasteiger partial charge in [-0.25, -0.2) is 0 Å². The highest BCUT2D eigenvalue weighted by atomic mass is 32.2. The fourth-order valence-corrected chi connectivity index (χ4v) is 10.3. The summed E-state index contributed by atoms with van der Waals surface area (Å²) < 4.78 is 20.8. The van der Waals surface area contributed by atoms with E-state index in [-0.39, 0.29) is 42.1 Å². The second kappa shape index (κ2) is 19.1. The summed E-state index contributed by atoms with van der Waals surface area (Å²) in [6.07, 6.45) is 10.1. The molecule has 0 saturated heterocycles. The van der Waals surface area contributed by atoms with E-state index in [0.29, 0.717) is 19.6 Å². The number of ether oxygens (including phenoxy) is 3. The lowest BCUT2D eigenvalue weighted by Gasteiger charge is -2.58. The molecule has 7 nitrogen and oxygen atoms in total. The van der Waals surface area contributed by atoms with Crippen molar-refractivity contribution >= 4 is 29.2 Å². The maximum atomic E-state index is 9.90. The van der Waals surface area contributed by atoms with Gasteiger partial charge in [-0.1, -0.05) is 66.5 Å². The van der Waals surface area contributed by atoms with Crippen molar-refractivity contribution in [3.63, 3.8) is 0 Å². The Morgan fingerprint density at radius 3 is 2.31 bits per heavy atom. The number of hydrogen-bond donors (Lipinski definition) is 2. The van der Waals surface area contributed by atoms with Crippen molar-refractivity contribution in [3.05, 3.63) is 109 Å². The number of nitrogens with zero attached hydrogens (tertiary/aromatic N) is 1. The zero-order chi connectivity index (χ0) is 38.0. The van der Waals surface area contributed by atoms with Crippen molar-refractivity contribution in [1.29, 1.82) is 0 Å². The quantitative estimate of drug-likeness (QED) is 0.0539. The van der Waals surface area contributed by atoms with Crippen LogP contribution in [0.1, 0.15) is 77.2 Å².